The van der Waals surface area contributed by atoms with E-state index in [4.69, 9.17) is 10.2 Å². The lowest BCUT2D eigenvalue weighted by molar-refractivity contribution is -0.142. The Bertz CT molecular complexity index is 257. The van der Waals surface area contributed by atoms with Crippen LogP contribution in [0.5, 0.6) is 0 Å². The van der Waals surface area contributed by atoms with Gasteiger partial charge in [0.2, 0.25) is 10.0 Å². The van der Waals surface area contributed by atoms with Crippen molar-refractivity contribution in [3.05, 3.63) is 0 Å². The smallest absolute Gasteiger partial charge is 0.350 e. The molecule has 0 fully saturated rings. The summed E-state index contributed by atoms with van der Waals surface area (Å²) in [5.74, 6) is -1.79. The Morgan fingerprint density at radius 1 is 1.42 bits per heavy atom. The molecule has 1 unspecified atom stereocenters. The Kier molecular flexibility index (Phi) is 3.62. The fourth-order valence-electron chi connectivity index (χ4n) is 0.526. The Labute approximate surface area is 70.3 Å². The van der Waals surface area contributed by atoms with Gasteiger partial charge in [-0.25, -0.2) is 17.9 Å². The van der Waals surface area contributed by atoms with Gasteiger partial charge in [-0.1, -0.05) is 0 Å². The van der Waals surface area contributed by atoms with Crippen molar-refractivity contribution < 1.29 is 23.4 Å². The lowest BCUT2D eigenvalue weighted by Crippen LogP contribution is -2.42. The highest BCUT2D eigenvalue weighted by molar-refractivity contribution is 7.90. The van der Waals surface area contributed by atoms with E-state index in [9.17, 15) is 13.2 Å². The Morgan fingerprint density at radius 2 is 1.83 bits per heavy atom. The van der Waals surface area contributed by atoms with Crippen molar-refractivity contribution in [2.45, 2.75) is 25.3 Å². The number of rotatable bonds is 4. The van der Waals surface area contributed by atoms with Crippen LogP contribution in [-0.2, 0) is 14.8 Å². The summed E-state index contributed by atoms with van der Waals surface area (Å²) in [6.07, 6.45) is 0. The second-order valence-electron chi connectivity index (χ2n) is 2.51. The fourth-order valence-corrected chi connectivity index (χ4v) is 1.58. The summed E-state index contributed by atoms with van der Waals surface area (Å²) in [4.78, 5) is 10.1. The van der Waals surface area contributed by atoms with Crippen LogP contribution >= 0.6 is 0 Å². The third-order valence-corrected chi connectivity index (χ3v) is 2.49. The van der Waals surface area contributed by atoms with Gasteiger partial charge in [-0.3, -0.25) is 0 Å². The first kappa shape index (κ1) is 11.3. The van der Waals surface area contributed by atoms with Crippen LogP contribution in [0, 0.1) is 0 Å². The van der Waals surface area contributed by atoms with Crippen LogP contribution in [0.1, 0.15) is 13.8 Å². The fraction of sp³-hybridized carbons (Fsp3) is 0.800. The molecule has 0 saturated carbocycles. The monoisotopic (exact) mass is 197 g/mol. The SMILES string of the molecule is CC(C)NS(=O)(=O)C(O)C(=O)O. The van der Waals surface area contributed by atoms with Gasteiger partial charge in [-0.05, 0) is 13.8 Å². The summed E-state index contributed by atoms with van der Waals surface area (Å²) in [7, 11) is -4.15. The zero-order valence-electron chi connectivity index (χ0n) is 6.68. The minimum atomic E-state index is -4.15. The van der Waals surface area contributed by atoms with Gasteiger partial charge >= 0.3 is 5.97 Å². The van der Waals surface area contributed by atoms with E-state index >= 15 is 0 Å². The van der Waals surface area contributed by atoms with E-state index in [0.29, 0.717) is 0 Å². The van der Waals surface area contributed by atoms with E-state index < -0.39 is 27.5 Å². The number of aliphatic hydroxyl groups excluding tert-OH is 1. The Hall–Kier alpha value is -0.660. The van der Waals surface area contributed by atoms with Gasteiger partial charge in [0, 0.05) is 6.04 Å². The number of aliphatic carboxylic acids is 1. The Balaban J connectivity index is 4.52. The van der Waals surface area contributed by atoms with E-state index in [2.05, 4.69) is 0 Å². The predicted molar refractivity (Wildman–Crippen MR) is 40.8 cm³/mol. The first-order chi connectivity index (χ1) is 5.27. The number of hydrogen-bond acceptors (Lipinski definition) is 4. The molecule has 0 aliphatic heterocycles. The molecule has 6 nitrogen and oxygen atoms in total. The number of sulfonamides is 1. The zero-order valence-corrected chi connectivity index (χ0v) is 7.50. The van der Waals surface area contributed by atoms with Gasteiger partial charge in [-0.15, -0.1) is 0 Å². The van der Waals surface area contributed by atoms with Crippen molar-refractivity contribution >= 4 is 16.0 Å². The predicted octanol–water partition coefficient (Wildman–Crippen LogP) is -1.28. The van der Waals surface area contributed by atoms with Gasteiger partial charge in [0.05, 0.1) is 0 Å². The maximum Gasteiger partial charge on any atom is 0.350 e. The first-order valence-corrected chi connectivity index (χ1v) is 4.74. The average molecular weight is 197 g/mol. The van der Waals surface area contributed by atoms with E-state index in [1.807, 2.05) is 4.72 Å². The molecule has 0 bridgehead atoms. The average Bonchev–Trinajstić information content (AvgIpc) is 1.82. The normalized spacial score (nSPS) is 14.7. The lowest BCUT2D eigenvalue weighted by Gasteiger charge is -2.11. The molecule has 3 N–H and O–H groups in total. The summed E-state index contributed by atoms with van der Waals surface area (Å²) >= 11 is 0. The molecule has 0 rings (SSSR count). The van der Waals surface area contributed by atoms with Gasteiger partial charge in [0.1, 0.15) is 0 Å². The zero-order chi connectivity index (χ0) is 9.94. The summed E-state index contributed by atoms with van der Waals surface area (Å²) in [5, 5.41) is 16.8. The standard InChI is InChI=1S/C5H11NO5S/c1-3(2)6-12(10,11)5(9)4(7)8/h3,5-6,9H,1-2H3,(H,7,8). The van der Waals surface area contributed by atoms with Crippen LogP contribution < -0.4 is 4.72 Å². The van der Waals surface area contributed by atoms with Crippen LogP contribution in [0.15, 0.2) is 0 Å². The number of carbonyl (C=O) groups is 1. The van der Waals surface area contributed by atoms with E-state index in [1.165, 1.54) is 13.8 Å². The second kappa shape index (κ2) is 3.83. The van der Waals surface area contributed by atoms with Crippen LogP contribution in [-0.4, -0.2) is 36.1 Å². The lowest BCUT2D eigenvalue weighted by atomic mass is 10.4. The molecule has 0 aliphatic carbocycles. The van der Waals surface area contributed by atoms with Crippen LogP contribution in [0.25, 0.3) is 0 Å². The molecule has 1 atom stereocenters. The highest BCUT2D eigenvalue weighted by atomic mass is 32.2. The summed E-state index contributed by atoms with van der Waals surface area (Å²) in [5.41, 5.74) is -2.40. The van der Waals surface area contributed by atoms with Crippen molar-refractivity contribution in [3.8, 4) is 0 Å². The summed E-state index contributed by atoms with van der Waals surface area (Å²) in [6.45, 7) is 3.04. The molecular formula is C5H11NO5S. The molecular weight excluding hydrogens is 186 g/mol. The van der Waals surface area contributed by atoms with Gasteiger partial charge in [0.15, 0.2) is 0 Å². The molecule has 0 radical (unpaired) electrons. The van der Waals surface area contributed by atoms with Crippen LogP contribution in [0.4, 0.5) is 0 Å². The first-order valence-electron chi connectivity index (χ1n) is 3.19. The molecule has 0 aromatic carbocycles. The van der Waals surface area contributed by atoms with E-state index in [-0.39, 0.29) is 0 Å². The van der Waals surface area contributed by atoms with Crippen molar-refractivity contribution in [2.75, 3.05) is 0 Å². The van der Waals surface area contributed by atoms with Gasteiger partial charge < -0.3 is 10.2 Å². The number of nitrogens with one attached hydrogen (secondary N) is 1. The number of aliphatic hydroxyl groups is 1. The van der Waals surface area contributed by atoms with Crippen LogP contribution in [0.2, 0.25) is 0 Å². The quantitative estimate of drug-likeness (QED) is 0.520. The van der Waals surface area contributed by atoms with E-state index in [1.54, 1.807) is 0 Å². The molecule has 12 heavy (non-hydrogen) atoms. The molecule has 0 aromatic heterocycles. The third kappa shape index (κ3) is 3.16. The summed E-state index contributed by atoms with van der Waals surface area (Å²) in [6, 6.07) is -0.441. The highest BCUT2D eigenvalue weighted by Gasteiger charge is 2.30. The number of carboxylic acid groups (broad SMARTS) is 1. The van der Waals surface area contributed by atoms with Gasteiger partial charge in [-0.2, -0.15) is 0 Å². The molecule has 0 aromatic rings. The van der Waals surface area contributed by atoms with Gasteiger partial charge in [0.25, 0.3) is 5.44 Å². The molecule has 0 saturated heterocycles. The molecule has 0 spiro atoms. The van der Waals surface area contributed by atoms with Crippen molar-refractivity contribution in [1.29, 1.82) is 0 Å². The highest BCUT2D eigenvalue weighted by Crippen LogP contribution is 1.96. The van der Waals surface area contributed by atoms with E-state index in [0.717, 1.165) is 0 Å². The maximum absolute atomic E-state index is 10.8. The second-order valence-corrected chi connectivity index (χ2v) is 4.28. The molecule has 72 valence electrons. The minimum Gasteiger partial charge on any atom is -0.478 e. The van der Waals surface area contributed by atoms with Crippen LogP contribution in [0.3, 0.4) is 0 Å². The largest absolute Gasteiger partial charge is 0.478 e. The van der Waals surface area contributed by atoms with Crippen molar-refractivity contribution in [3.63, 3.8) is 0 Å². The van der Waals surface area contributed by atoms with Crippen molar-refractivity contribution in [1.82, 2.24) is 4.72 Å². The molecule has 0 heterocycles. The summed E-state index contributed by atoms with van der Waals surface area (Å²) < 4.78 is 23.6. The molecule has 7 heteroatoms. The number of carboxylic acids is 1. The topological polar surface area (TPSA) is 104 Å². The minimum absolute atomic E-state index is 0.441. The Morgan fingerprint density at radius 3 is 2.08 bits per heavy atom. The molecule has 0 aliphatic rings. The number of hydrogen-bond donors (Lipinski definition) is 3. The third-order valence-electron chi connectivity index (χ3n) is 0.905. The van der Waals surface area contributed by atoms with Crippen molar-refractivity contribution in [2.24, 2.45) is 0 Å². The molecule has 0 amide bonds. The maximum atomic E-state index is 10.8.